The summed E-state index contributed by atoms with van der Waals surface area (Å²) in [5, 5.41) is 14.3. The minimum Gasteiger partial charge on any atom is -0.431 e. The molecule has 0 aromatic carbocycles. The van der Waals surface area contributed by atoms with Crippen LogP contribution in [0.1, 0.15) is 137 Å². The van der Waals surface area contributed by atoms with Crippen molar-refractivity contribution in [1.82, 2.24) is 5.32 Å². The van der Waals surface area contributed by atoms with E-state index in [2.05, 4.69) is 45.2 Å². The van der Waals surface area contributed by atoms with E-state index < -0.39 is 6.23 Å². The van der Waals surface area contributed by atoms with Crippen molar-refractivity contribution in [3.8, 4) is 0 Å². The number of aliphatic hydroxyl groups excluding tert-OH is 1. The van der Waals surface area contributed by atoms with E-state index in [0.29, 0.717) is 67.3 Å². The minimum absolute atomic E-state index is 0.0858. The SMILES string of the molecule is CCCC/C=C/CCNC(O)CC[C@@H](C)C1CC[C@H]2C3C[C@H](C[C@H](OCCCN)C12C)C1(C)CCC(OCCCN)CC1CC3[OH+]CCCN. The zero-order chi connectivity index (χ0) is 36.0. The first kappa shape index (κ1) is 42.2. The standard InChI is InChI=1S/C42H80N4O4/c1-5-6-7-8-9-10-23-46-40(47)17-14-31(2)36-15-16-37-35-28-33(30-39(42(36,37)4)50-26-13-22-45)41(3)19-18-34(48-24-11-20-43)27-32(41)29-38(35)49-25-12-21-44/h8-9,31-40,46-47H,5-7,10-30,43-45H2,1-4H3/p+1/b9-8+/t31-,32?,33-,34?,35?,36?,37+,38?,39+,40?,41?,42?/m1/s1. The van der Waals surface area contributed by atoms with Gasteiger partial charge < -0.3 is 36.5 Å². The Kier molecular flexibility index (Phi) is 18.0. The fourth-order valence-electron chi connectivity index (χ4n) is 11.3. The summed E-state index contributed by atoms with van der Waals surface area (Å²) < 4.78 is 19.1. The molecule has 0 spiro atoms. The molecular weight excluding hydrogens is 624 g/mol. The number of fused-ring (bicyclic) bond motifs is 6. The molecule has 4 aliphatic rings. The molecule has 8 unspecified atom stereocenters. The topological polar surface area (TPSA) is 142 Å². The van der Waals surface area contributed by atoms with E-state index in [1.165, 1.54) is 44.9 Å². The predicted molar refractivity (Wildman–Crippen MR) is 208 cm³/mol. The van der Waals surface area contributed by atoms with Crippen molar-refractivity contribution >= 4 is 0 Å². The number of unbranched alkanes of at least 4 members (excludes halogenated alkanes) is 2. The van der Waals surface area contributed by atoms with Crippen molar-refractivity contribution in [2.75, 3.05) is 46.0 Å². The first-order valence-electron chi connectivity index (χ1n) is 21.3. The van der Waals surface area contributed by atoms with Gasteiger partial charge in [-0.1, -0.05) is 52.7 Å². The molecule has 0 saturated heterocycles. The number of hydrogen-bond acceptors (Lipinski definition) is 7. The molecule has 4 rings (SSSR count). The predicted octanol–water partition coefficient (Wildman–Crippen LogP) is 6.43. The van der Waals surface area contributed by atoms with Gasteiger partial charge in [0.2, 0.25) is 0 Å². The number of aliphatic hydroxyl groups is 3. The van der Waals surface area contributed by atoms with E-state index in [1.807, 2.05) is 0 Å². The summed E-state index contributed by atoms with van der Waals surface area (Å²) in [6.45, 7) is 15.3. The van der Waals surface area contributed by atoms with E-state index in [0.717, 1.165) is 90.6 Å². The van der Waals surface area contributed by atoms with E-state index >= 15 is 0 Å². The highest BCUT2D eigenvalue weighted by atomic mass is 16.5. The second kappa shape index (κ2) is 21.3. The number of ether oxygens (including phenoxy) is 3. The van der Waals surface area contributed by atoms with Crippen molar-refractivity contribution in [3.05, 3.63) is 12.2 Å². The van der Waals surface area contributed by atoms with E-state index in [-0.39, 0.29) is 16.9 Å². The van der Waals surface area contributed by atoms with Crippen LogP contribution in [-0.4, -0.2) is 80.4 Å². The van der Waals surface area contributed by atoms with Gasteiger partial charge in [-0.15, -0.1) is 0 Å². The maximum Gasteiger partial charge on any atom is 0.158 e. The maximum atomic E-state index is 10.9. The van der Waals surface area contributed by atoms with Crippen LogP contribution in [0.2, 0.25) is 0 Å². The monoisotopic (exact) mass is 706 g/mol. The van der Waals surface area contributed by atoms with E-state index in [4.69, 9.17) is 31.4 Å². The molecule has 0 aromatic heterocycles. The molecule has 9 N–H and O–H groups in total. The molecule has 0 amide bonds. The van der Waals surface area contributed by atoms with Crippen molar-refractivity contribution < 1.29 is 19.3 Å². The lowest BCUT2D eigenvalue weighted by atomic mass is 9.57. The number of nitrogens with two attached hydrogens (primary N) is 3. The van der Waals surface area contributed by atoms with E-state index in [1.54, 1.807) is 0 Å². The average Bonchev–Trinajstić information content (AvgIpc) is 3.33. The van der Waals surface area contributed by atoms with Crippen LogP contribution in [0.15, 0.2) is 12.2 Å². The van der Waals surface area contributed by atoms with Crippen molar-refractivity contribution in [2.24, 2.45) is 63.5 Å². The third kappa shape index (κ3) is 10.8. The summed E-state index contributed by atoms with van der Waals surface area (Å²) in [6, 6.07) is 0. The normalized spacial score (nSPS) is 36.9. The van der Waals surface area contributed by atoms with Crippen molar-refractivity contribution in [2.45, 2.75) is 161 Å². The molecule has 12 atom stereocenters. The first-order valence-corrected chi connectivity index (χ1v) is 21.3. The molecular formula is C42H81N4O4+. The number of nitrogens with one attached hydrogen (secondary N) is 1. The summed E-state index contributed by atoms with van der Waals surface area (Å²) in [4.78, 5) is 0. The Bertz CT molecular complexity index is 970. The Morgan fingerprint density at radius 2 is 1.58 bits per heavy atom. The molecule has 50 heavy (non-hydrogen) atoms. The molecule has 0 aliphatic heterocycles. The van der Waals surface area contributed by atoms with Gasteiger partial charge in [0.05, 0.1) is 12.2 Å². The van der Waals surface area contributed by atoms with Gasteiger partial charge >= 0.3 is 0 Å². The van der Waals surface area contributed by atoms with Gasteiger partial charge in [-0.25, -0.2) is 0 Å². The Balaban J connectivity index is 1.53. The van der Waals surface area contributed by atoms with E-state index in [9.17, 15) is 5.11 Å². The van der Waals surface area contributed by atoms with Gasteiger partial charge in [0, 0.05) is 43.9 Å². The second-order valence-electron chi connectivity index (χ2n) is 17.4. The lowest BCUT2D eigenvalue weighted by molar-refractivity contribution is -0.172. The van der Waals surface area contributed by atoms with Crippen LogP contribution in [0.3, 0.4) is 0 Å². The highest BCUT2D eigenvalue weighted by Crippen LogP contribution is 2.66. The summed E-state index contributed by atoms with van der Waals surface area (Å²) >= 11 is 0. The number of rotatable bonds is 23. The zero-order valence-corrected chi connectivity index (χ0v) is 32.8. The highest BCUT2D eigenvalue weighted by Gasteiger charge is 2.63. The fourth-order valence-corrected chi connectivity index (χ4v) is 11.3. The van der Waals surface area contributed by atoms with Gasteiger partial charge in [0.25, 0.3) is 0 Å². The smallest absolute Gasteiger partial charge is 0.158 e. The van der Waals surface area contributed by atoms with Crippen LogP contribution in [-0.2, 0) is 9.47 Å². The van der Waals surface area contributed by atoms with Gasteiger partial charge in [0.15, 0.2) is 6.10 Å². The van der Waals surface area contributed by atoms with Crippen LogP contribution in [0.5, 0.6) is 0 Å². The number of allylic oxidation sites excluding steroid dienone is 1. The third-order valence-electron chi connectivity index (χ3n) is 14.3. The third-order valence-corrected chi connectivity index (χ3v) is 14.3. The van der Waals surface area contributed by atoms with Gasteiger partial charge in [0.1, 0.15) is 12.8 Å². The summed E-state index contributed by atoms with van der Waals surface area (Å²) in [5.41, 5.74) is 18.2. The maximum absolute atomic E-state index is 10.9. The van der Waals surface area contributed by atoms with Crippen LogP contribution >= 0.6 is 0 Å². The van der Waals surface area contributed by atoms with Crippen LogP contribution in [0.25, 0.3) is 0 Å². The Morgan fingerprint density at radius 1 is 0.860 bits per heavy atom. The van der Waals surface area contributed by atoms with Crippen LogP contribution < -0.4 is 22.5 Å². The summed E-state index contributed by atoms with van der Waals surface area (Å²) in [6.07, 6.45) is 24.0. The Morgan fingerprint density at radius 3 is 2.32 bits per heavy atom. The molecule has 0 radical (unpaired) electrons. The van der Waals surface area contributed by atoms with Crippen molar-refractivity contribution in [1.29, 1.82) is 0 Å². The molecule has 0 aromatic rings. The zero-order valence-electron chi connectivity index (χ0n) is 32.8. The van der Waals surface area contributed by atoms with Crippen molar-refractivity contribution in [3.63, 3.8) is 0 Å². The Labute approximate surface area is 307 Å². The summed E-state index contributed by atoms with van der Waals surface area (Å²) in [5.74, 6) is 3.52. The average molecular weight is 706 g/mol. The Hall–Kier alpha value is -0.580. The minimum atomic E-state index is -0.447. The molecule has 4 aliphatic carbocycles. The molecule has 4 fully saturated rings. The van der Waals surface area contributed by atoms with Crippen LogP contribution in [0.4, 0.5) is 0 Å². The molecule has 292 valence electrons. The molecule has 8 nitrogen and oxygen atoms in total. The molecule has 2 bridgehead atoms. The van der Waals surface area contributed by atoms with Crippen LogP contribution in [0, 0.1) is 46.3 Å². The second-order valence-corrected chi connectivity index (χ2v) is 17.4. The molecule has 0 heterocycles. The fraction of sp³-hybridized carbons (Fsp3) is 0.952. The highest BCUT2D eigenvalue weighted by molar-refractivity contribution is 5.11. The van der Waals surface area contributed by atoms with Gasteiger partial charge in [-0.05, 0) is 138 Å². The lowest BCUT2D eigenvalue weighted by Gasteiger charge is -2.51. The molecule has 4 saturated carbocycles. The van der Waals surface area contributed by atoms with Gasteiger partial charge in [-0.3, -0.25) is 5.32 Å². The van der Waals surface area contributed by atoms with Gasteiger partial charge in [-0.2, -0.15) is 0 Å². The quantitative estimate of drug-likeness (QED) is 0.0357. The lowest BCUT2D eigenvalue weighted by Crippen LogP contribution is -2.50. The summed E-state index contributed by atoms with van der Waals surface area (Å²) in [7, 11) is 0. The molecule has 8 heteroatoms. The number of hydrogen-bond donors (Lipinski definition) is 5. The first-order chi connectivity index (χ1) is 24.2. The largest absolute Gasteiger partial charge is 0.431 e.